The van der Waals surface area contributed by atoms with E-state index in [4.69, 9.17) is 0 Å². The smallest absolute Gasteiger partial charge is 0.0543 e. The maximum absolute atomic E-state index is 2.46. The molecule has 2 aliphatic rings. The molecule has 0 bridgehead atoms. The van der Waals surface area contributed by atoms with Gasteiger partial charge in [0, 0.05) is 42.5 Å². The lowest BCUT2D eigenvalue weighted by molar-refractivity contribution is 0.660. The highest BCUT2D eigenvalue weighted by molar-refractivity contribution is 7.25. The predicted molar refractivity (Wildman–Crippen MR) is 244 cm³/mol. The fourth-order valence-electron chi connectivity index (χ4n) is 9.91. The van der Waals surface area contributed by atoms with Crippen LogP contribution in [0.5, 0.6) is 0 Å². The highest BCUT2D eigenvalue weighted by atomic mass is 32.1. The van der Waals surface area contributed by atoms with Gasteiger partial charge in [0.25, 0.3) is 0 Å². The lowest BCUT2D eigenvalue weighted by atomic mass is 9.82. The Labute approximate surface area is 336 Å². The third-order valence-corrected chi connectivity index (χ3v) is 13.8. The number of fused-ring (bicyclic) bond motifs is 9. The van der Waals surface area contributed by atoms with Gasteiger partial charge >= 0.3 is 0 Å². The molecule has 2 aliphatic carbocycles. The van der Waals surface area contributed by atoms with Crippen LogP contribution in [-0.2, 0) is 5.41 Å². The zero-order chi connectivity index (χ0) is 37.8. The number of thiophene rings is 1. The summed E-state index contributed by atoms with van der Waals surface area (Å²) < 4.78 is 2.66. The van der Waals surface area contributed by atoms with Crippen molar-refractivity contribution in [2.24, 2.45) is 0 Å². The second-order valence-corrected chi connectivity index (χ2v) is 17.1. The van der Waals surface area contributed by atoms with Crippen LogP contribution in [0.2, 0.25) is 0 Å². The third kappa shape index (κ3) is 4.75. The van der Waals surface area contributed by atoms with Gasteiger partial charge in [-0.05, 0) is 121 Å². The maximum atomic E-state index is 2.46. The highest BCUT2D eigenvalue weighted by Gasteiger charge is 2.37. The number of nitrogens with zero attached hydrogens (tertiary/aromatic N) is 1. The molecule has 268 valence electrons. The van der Waals surface area contributed by atoms with Crippen molar-refractivity contribution < 1.29 is 0 Å². The molecule has 1 nitrogen and oxygen atoms in total. The summed E-state index contributed by atoms with van der Waals surface area (Å²) in [4.78, 5) is 2.46. The van der Waals surface area contributed by atoms with Crippen LogP contribution in [0, 0.1) is 0 Å². The SMILES string of the molecule is CC1(C)c2ccccc2-c2c(N(c3ccc(-c4ccc5sc6ccccc6c5c4)cc3)c3ccc(-c4ccc5c6c(cccc46)-c4ccccc4-5)cc3)cccc21. The lowest BCUT2D eigenvalue weighted by Crippen LogP contribution is -2.16. The third-order valence-electron chi connectivity index (χ3n) is 12.6. The average Bonchev–Trinajstić information content (AvgIpc) is 3.88. The van der Waals surface area contributed by atoms with Gasteiger partial charge in [-0.3, -0.25) is 0 Å². The Morgan fingerprint density at radius 2 is 0.947 bits per heavy atom. The van der Waals surface area contributed by atoms with Crippen molar-refractivity contribution in [3.05, 3.63) is 199 Å². The first-order valence-electron chi connectivity index (χ1n) is 19.8. The molecule has 0 N–H and O–H groups in total. The van der Waals surface area contributed by atoms with Crippen LogP contribution < -0.4 is 4.90 Å². The molecule has 57 heavy (non-hydrogen) atoms. The van der Waals surface area contributed by atoms with E-state index in [0.29, 0.717) is 0 Å². The van der Waals surface area contributed by atoms with Crippen LogP contribution in [0.25, 0.3) is 86.6 Å². The van der Waals surface area contributed by atoms with Crippen LogP contribution in [0.4, 0.5) is 17.1 Å². The number of benzene rings is 9. The fraction of sp³-hybridized carbons (Fsp3) is 0.0545. The van der Waals surface area contributed by atoms with Gasteiger partial charge in [0.2, 0.25) is 0 Å². The van der Waals surface area contributed by atoms with Gasteiger partial charge < -0.3 is 4.90 Å². The minimum Gasteiger partial charge on any atom is -0.310 e. The van der Waals surface area contributed by atoms with Gasteiger partial charge in [-0.1, -0.05) is 153 Å². The summed E-state index contributed by atoms with van der Waals surface area (Å²) in [5, 5.41) is 5.31. The molecule has 0 unspecified atom stereocenters. The standard InChI is InChI=1S/C55H37NS/c1-55(2)48-17-7-5-14-46(48)54-49(55)18-10-19-50(54)56(37-26-21-34(22-27-37)36-25-32-52-47(33-36)42-13-6-8-20-51(42)57-52)38-28-23-35(24-29-38)39-30-31-45-41-12-4-3-11-40(41)44-16-9-15-43(39)53(44)45/h3-33H,1-2H3. The molecule has 0 fully saturated rings. The Kier molecular flexibility index (Phi) is 6.91. The summed E-state index contributed by atoms with van der Waals surface area (Å²) in [5.74, 6) is 0. The number of hydrogen-bond acceptors (Lipinski definition) is 2. The van der Waals surface area contributed by atoms with Crippen molar-refractivity contribution in [3.63, 3.8) is 0 Å². The molecule has 9 aromatic carbocycles. The average molecular weight is 744 g/mol. The second-order valence-electron chi connectivity index (χ2n) is 16.0. The quantitative estimate of drug-likeness (QED) is 0.170. The topological polar surface area (TPSA) is 3.24 Å². The molecule has 2 heteroatoms. The minimum absolute atomic E-state index is 0.0960. The zero-order valence-corrected chi connectivity index (χ0v) is 32.6. The Morgan fingerprint density at radius 3 is 1.74 bits per heavy atom. The number of rotatable bonds is 5. The molecule has 12 rings (SSSR count). The lowest BCUT2D eigenvalue weighted by Gasteiger charge is -2.29. The van der Waals surface area contributed by atoms with Crippen LogP contribution in [0.1, 0.15) is 25.0 Å². The second kappa shape index (κ2) is 12.1. The van der Waals surface area contributed by atoms with Crippen molar-refractivity contribution in [2.45, 2.75) is 19.3 Å². The molecule has 0 spiro atoms. The van der Waals surface area contributed by atoms with E-state index in [0.717, 1.165) is 11.4 Å². The molecule has 0 atom stereocenters. The van der Waals surface area contributed by atoms with Gasteiger partial charge in [-0.2, -0.15) is 0 Å². The van der Waals surface area contributed by atoms with Crippen LogP contribution in [0.15, 0.2) is 188 Å². The van der Waals surface area contributed by atoms with Crippen molar-refractivity contribution in [2.75, 3.05) is 4.90 Å². The summed E-state index contributed by atoms with van der Waals surface area (Å²) in [6.45, 7) is 4.72. The van der Waals surface area contributed by atoms with E-state index in [-0.39, 0.29) is 5.41 Å². The Hall–Kier alpha value is -6.74. The predicted octanol–water partition coefficient (Wildman–Crippen LogP) is 16.0. The maximum Gasteiger partial charge on any atom is 0.0543 e. The molecule has 0 radical (unpaired) electrons. The minimum atomic E-state index is -0.0960. The molecule has 10 aromatic rings. The first kappa shape index (κ1) is 32.5. The van der Waals surface area contributed by atoms with Crippen LogP contribution >= 0.6 is 11.3 Å². The molecule has 0 saturated carbocycles. The number of anilines is 3. The summed E-state index contributed by atoms with van der Waals surface area (Å²) in [6, 6.07) is 70.1. The van der Waals surface area contributed by atoms with E-state index in [9.17, 15) is 0 Å². The summed E-state index contributed by atoms with van der Waals surface area (Å²) in [6.07, 6.45) is 0. The molecule has 0 amide bonds. The molecule has 1 aromatic heterocycles. The molecular weight excluding hydrogens is 707 g/mol. The number of hydrogen-bond donors (Lipinski definition) is 0. The Bertz CT molecular complexity index is 3230. The van der Waals surface area contributed by atoms with Gasteiger partial charge in [0.05, 0.1) is 5.69 Å². The fourth-order valence-corrected chi connectivity index (χ4v) is 11.0. The van der Waals surface area contributed by atoms with E-state index in [2.05, 4.69) is 207 Å². The van der Waals surface area contributed by atoms with E-state index in [1.165, 1.54) is 103 Å². The highest BCUT2D eigenvalue weighted by Crippen LogP contribution is 2.55. The Morgan fingerprint density at radius 1 is 0.386 bits per heavy atom. The largest absolute Gasteiger partial charge is 0.310 e. The van der Waals surface area contributed by atoms with Crippen molar-refractivity contribution in [1.82, 2.24) is 0 Å². The molecule has 0 aliphatic heterocycles. The molecule has 0 saturated heterocycles. The normalized spacial score (nSPS) is 13.2. The first-order valence-corrected chi connectivity index (χ1v) is 20.7. The Balaban J connectivity index is 0.994. The van der Waals surface area contributed by atoms with Gasteiger partial charge in [0.15, 0.2) is 0 Å². The van der Waals surface area contributed by atoms with Crippen molar-refractivity contribution in [1.29, 1.82) is 0 Å². The molecule has 1 heterocycles. The van der Waals surface area contributed by atoms with E-state index >= 15 is 0 Å². The van der Waals surface area contributed by atoms with Crippen molar-refractivity contribution in [3.8, 4) is 55.6 Å². The van der Waals surface area contributed by atoms with E-state index < -0.39 is 0 Å². The van der Waals surface area contributed by atoms with E-state index in [1.54, 1.807) is 0 Å². The van der Waals surface area contributed by atoms with E-state index in [1.807, 2.05) is 11.3 Å². The summed E-state index contributed by atoms with van der Waals surface area (Å²) in [5.41, 5.74) is 19.0. The molecular formula is C55H37NS. The van der Waals surface area contributed by atoms with Gasteiger partial charge in [-0.25, -0.2) is 0 Å². The van der Waals surface area contributed by atoms with Gasteiger partial charge in [0.1, 0.15) is 0 Å². The van der Waals surface area contributed by atoms with Crippen LogP contribution in [-0.4, -0.2) is 0 Å². The van der Waals surface area contributed by atoms with Gasteiger partial charge in [-0.15, -0.1) is 11.3 Å². The summed E-state index contributed by atoms with van der Waals surface area (Å²) in [7, 11) is 0. The summed E-state index contributed by atoms with van der Waals surface area (Å²) >= 11 is 1.87. The zero-order valence-electron chi connectivity index (χ0n) is 31.8. The monoisotopic (exact) mass is 743 g/mol. The first-order chi connectivity index (χ1) is 28.0. The van der Waals surface area contributed by atoms with Crippen molar-refractivity contribution >= 4 is 59.3 Å². The van der Waals surface area contributed by atoms with Crippen LogP contribution in [0.3, 0.4) is 0 Å².